The van der Waals surface area contributed by atoms with E-state index in [1.807, 2.05) is 55.6 Å². The first-order valence-corrected chi connectivity index (χ1v) is 7.82. The Morgan fingerprint density at radius 1 is 1.25 bits per heavy atom. The third-order valence-corrected chi connectivity index (χ3v) is 4.04. The Morgan fingerprint density at radius 3 is 2.75 bits per heavy atom. The second kappa shape index (κ2) is 7.01. The van der Waals surface area contributed by atoms with Crippen molar-refractivity contribution in [2.24, 2.45) is 18.0 Å². The van der Waals surface area contributed by atoms with E-state index in [0.29, 0.717) is 6.42 Å². The summed E-state index contributed by atoms with van der Waals surface area (Å²) >= 11 is 0. The van der Waals surface area contributed by atoms with Crippen LogP contribution < -0.4 is 4.74 Å². The third kappa shape index (κ3) is 3.31. The molecule has 4 nitrogen and oxygen atoms in total. The smallest absolute Gasteiger partial charge is 0.119 e. The van der Waals surface area contributed by atoms with Gasteiger partial charge < -0.3 is 9.30 Å². The summed E-state index contributed by atoms with van der Waals surface area (Å²) in [4.78, 5) is 4.42. The van der Waals surface area contributed by atoms with E-state index < -0.39 is 0 Å². The predicted octanol–water partition coefficient (Wildman–Crippen LogP) is 4.27. The zero-order valence-electron chi connectivity index (χ0n) is 13.8. The van der Waals surface area contributed by atoms with Crippen molar-refractivity contribution in [3.8, 4) is 11.8 Å². The zero-order chi connectivity index (χ0) is 16.9. The Morgan fingerprint density at radius 2 is 2.04 bits per heavy atom. The van der Waals surface area contributed by atoms with Crippen molar-refractivity contribution in [3.05, 3.63) is 60.3 Å². The van der Waals surface area contributed by atoms with Crippen LogP contribution in [0.1, 0.15) is 5.56 Å². The van der Waals surface area contributed by atoms with Crippen molar-refractivity contribution in [2.75, 3.05) is 7.11 Å². The molecule has 0 saturated carbocycles. The Balaban J connectivity index is 1.87. The van der Waals surface area contributed by atoms with Gasteiger partial charge in [-0.1, -0.05) is 18.2 Å². The van der Waals surface area contributed by atoms with Crippen molar-refractivity contribution in [1.82, 2.24) is 4.57 Å². The van der Waals surface area contributed by atoms with Gasteiger partial charge in [0.15, 0.2) is 0 Å². The highest BCUT2D eigenvalue weighted by atomic mass is 16.5. The molecule has 0 N–H and O–H groups in total. The van der Waals surface area contributed by atoms with Gasteiger partial charge in [0.1, 0.15) is 5.75 Å². The van der Waals surface area contributed by atoms with Gasteiger partial charge in [-0.15, -0.1) is 0 Å². The van der Waals surface area contributed by atoms with Gasteiger partial charge >= 0.3 is 0 Å². The minimum atomic E-state index is -0.276. The van der Waals surface area contributed by atoms with Crippen molar-refractivity contribution >= 4 is 22.8 Å². The molecular weight excluding hydrogens is 298 g/mol. The number of aryl methyl sites for hydroxylation is 1. The normalized spacial score (nSPS) is 12.4. The highest BCUT2D eigenvalue weighted by Crippen LogP contribution is 2.27. The zero-order valence-corrected chi connectivity index (χ0v) is 13.8. The van der Waals surface area contributed by atoms with Crippen LogP contribution in [-0.4, -0.2) is 17.9 Å². The summed E-state index contributed by atoms with van der Waals surface area (Å²) in [6, 6.07) is 18.0. The van der Waals surface area contributed by atoms with E-state index in [0.717, 1.165) is 27.9 Å². The minimum absolute atomic E-state index is 0.276. The molecule has 2 aromatic carbocycles. The highest BCUT2D eigenvalue weighted by Gasteiger charge is 2.12. The second-order valence-electron chi connectivity index (χ2n) is 5.70. The molecule has 0 saturated heterocycles. The Bertz CT molecular complexity index is 904. The molecule has 0 aliphatic heterocycles. The van der Waals surface area contributed by atoms with Gasteiger partial charge in [-0.2, -0.15) is 5.26 Å². The van der Waals surface area contributed by atoms with Gasteiger partial charge in [-0.05, 0) is 42.3 Å². The fourth-order valence-electron chi connectivity index (χ4n) is 2.80. The molecule has 1 atom stereocenters. The molecule has 24 heavy (non-hydrogen) atoms. The summed E-state index contributed by atoms with van der Waals surface area (Å²) in [7, 11) is 3.67. The van der Waals surface area contributed by atoms with Gasteiger partial charge in [0, 0.05) is 30.4 Å². The average molecular weight is 317 g/mol. The molecule has 0 aliphatic rings. The summed E-state index contributed by atoms with van der Waals surface area (Å²) < 4.78 is 7.40. The number of hydrogen-bond acceptors (Lipinski definition) is 3. The number of hydrogen-bond donors (Lipinski definition) is 0. The summed E-state index contributed by atoms with van der Waals surface area (Å²) in [6.45, 7) is 0. The molecule has 3 rings (SSSR count). The van der Waals surface area contributed by atoms with Crippen LogP contribution in [-0.2, 0) is 13.5 Å². The molecule has 1 unspecified atom stereocenters. The van der Waals surface area contributed by atoms with Gasteiger partial charge in [0.2, 0.25) is 0 Å². The maximum Gasteiger partial charge on any atom is 0.119 e. The van der Waals surface area contributed by atoms with Gasteiger partial charge in [0.25, 0.3) is 0 Å². The van der Waals surface area contributed by atoms with Crippen LogP contribution >= 0.6 is 0 Å². The molecule has 0 bridgehead atoms. The van der Waals surface area contributed by atoms with E-state index in [4.69, 9.17) is 4.74 Å². The lowest BCUT2D eigenvalue weighted by molar-refractivity contribution is 0.415. The maximum atomic E-state index is 9.47. The number of nitrogens with zero attached hydrogens (tertiary/aromatic N) is 3. The van der Waals surface area contributed by atoms with Gasteiger partial charge in [0.05, 0.1) is 24.8 Å². The summed E-state index contributed by atoms with van der Waals surface area (Å²) in [5.41, 5.74) is 3.11. The fourth-order valence-corrected chi connectivity index (χ4v) is 2.80. The SMILES string of the molecule is COc1ccc2c(c1)c(CC(C#N)C=Nc1ccccc1)cn2C. The topological polar surface area (TPSA) is 50.3 Å². The van der Waals surface area contributed by atoms with Crippen LogP contribution in [0, 0.1) is 17.2 Å². The number of aliphatic imine (C=N–C) groups is 1. The van der Waals surface area contributed by atoms with Crippen molar-refractivity contribution in [2.45, 2.75) is 6.42 Å². The number of ether oxygens (including phenoxy) is 1. The first-order valence-electron chi connectivity index (χ1n) is 7.82. The number of methoxy groups -OCH3 is 1. The van der Waals surface area contributed by atoms with Crippen LogP contribution in [0.2, 0.25) is 0 Å². The van der Waals surface area contributed by atoms with Gasteiger partial charge in [-0.3, -0.25) is 4.99 Å². The summed E-state index contributed by atoms with van der Waals surface area (Å²) in [5.74, 6) is 0.545. The molecule has 4 heteroatoms. The standard InChI is InChI=1S/C20H19N3O/c1-23-14-16(19-11-18(24-2)8-9-20(19)23)10-15(12-21)13-22-17-6-4-3-5-7-17/h3-9,11,13-15H,10H2,1-2H3. The number of aromatic nitrogens is 1. The molecule has 0 fully saturated rings. The molecule has 0 amide bonds. The molecular formula is C20H19N3O. The van der Waals surface area contributed by atoms with Crippen LogP contribution in [0.15, 0.2) is 59.7 Å². The number of benzene rings is 2. The van der Waals surface area contributed by atoms with Crippen LogP contribution in [0.3, 0.4) is 0 Å². The van der Waals surface area contributed by atoms with E-state index in [2.05, 4.69) is 21.8 Å². The molecule has 0 radical (unpaired) electrons. The average Bonchev–Trinajstić information content (AvgIpc) is 2.94. The Kier molecular flexibility index (Phi) is 4.62. The van der Waals surface area contributed by atoms with Crippen LogP contribution in [0.5, 0.6) is 5.75 Å². The first-order chi connectivity index (χ1) is 11.7. The molecule has 0 spiro atoms. The van der Waals surface area contributed by atoms with E-state index in [1.54, 1.807) is 13.3 Å². The van der Waals surface area contributed by atoms with E-state index in [9.17, 15) is 5.26 Å². The molecule has 1 heterocycles. The lowest BCUT2D eigenvalue weighted by atomic mass is 10.0. The summed E-state index contributed by atoms with van der Waals surface area (Å²) in [6.07, 6.45) is 4.43. The number of nitriles is 1. The number of rotatable bonds is 5. The number of fused-ring (bicyclic) bond motifs is 1. The van der Waals surface area contributed by atoms with Crippen molar-refractivity contribution < 1.29 is 4.74 Å². The quantitative estimate of drug-likeness (QED) is 0.660. The van der Waals surface area contributed by atoms with E-state index >= 15 is 0 Å². The first kappa shape index (κ1) is 15.8. The maximum absolute atomic E-state index is 9.47. The van der Waals surface area contributed by atoms with Crippen molar-refractivity contribution in [1.29, 1.82) is 5.26 Å². The van der Waals surface area contributed by atoms with Crippen LogP contribution in [0.4, 0.5) is 5.69 Å². The highest BCUT2D eigenvalue weighted by molar-refractivity contribution is 5.86. The monoisotopic (exact) mass is 317 g/mol. The molecule has 1 aromatic heterocycles. The minimum Gasteiger partial charge on any atom is -0.497 e. The molecule has 0 aliphatic carbocycles. The lowest BCUT2D eigenvalue weighted by Crippen LogP contribution is -2.02. The lowest BCUT2D eigenvalue weighted by Gasteiger charge is -2.04. The van der Waals surface area contributed by atoms with Gasteiger partial charge in [-0.25, -0.2) is 0 Å². The Labute approximate surface area is 141 Å². The largest absolute Gasteiger partial charge is 0.497 e. The molecule has 120 valence electrons. The third-order valence-electron chi connectivity index (χ3n) is 4.04. The number of para-hydroxylation sites is 1. The van der Waals surface area contributed by atoms with Crippen LogP contribution in [0.25, 0.3) is 10.9 Å². The van der Waals surface area contributed by atoms with Crippen molar-refractivity contribution in [3.63, 3.8) is 0 Å². The van der Waals surface area contributed by atoms with E-state index in [1.165, 1.54) is 0 Å². The molecule has 3 aromatic rings. The second-order valence-corrected chi connectivity index (χ2v) is 5.70. The predicted molar refractivity (Wildman–Crippen MR) is 96.9 cm³/mol. The fraction of sp³-hybridized carbons (Fsp3) is 0.200. The van der Waals surface area contributed by atoms with E-state index in [-0.39, 0.29) is 5.92 Å². The Hall–Kier alpha value is -3.06. The summed E-state index contributed by atoms with van der Waals surface area (Å²) in [5, 5.41) is 10.6.